The van der Waals surface area contributed by atoms with Gasteiger partial charge in [0.15, 0.2) is 0 Å². The van der Waals surface area contributed by atoms with Crippen molar-refractivity contribution >= 4 is 17.4 Å². The number of carbonyl (C=O) groups is 2. The number of ketones is 1. The van der Waals surface area contributed by atoms with Crippen LogP contribution >= 0.6 is 0 Å². The van der Waals surface area contributed by atoms with Gasteiger partial charge in [-0.15, -0.1) is 0 Å². The van der Waals surface area contributed by atoms with Crippen molar-refractivity contribution in [3.05, 3.63) is 100 Å². The van der Waals surface area contributed by atoms with Gasteiger partial charge in [-0.25, -0.2) is 0 Å². The van der Waals surface area contributed by atoms with Gasteiger partial charge >= 0.3 is 0 Å². The summed E-state index contributed by atoms with van der Waals surface area (Å²) in [6.07, 6.45) is 0. The van der Waals surface area contributed by atoms with Crippen molar-refractivity contribution in [3.63, 3.8) is 0 Å². The molecule has 1 unspecified atom stereocenters. The summed E-state index contributed by atoms with van der Waals surface area (Å²) in [6, 6.07) is 17.8. The number of aryl methyl sites for hydroxylation is 3. The number of furan rings is 1. The molecule has 3 aromatic rings. The van der Waals surface area contributed by atoms with E-state index in [1.165, 1.54) is 4.90 Å². The normalized spacial score (nSPS) is 18.2. The molecule has 1 fully saturated rings. The maximum Gasteiger partial charge on any atom is 0.296 e. The minimum atomic E-state index is -0.793. The Kier molecular flexibility index (Phi) is 5.04. The number of aliphatic hydroxyl groups excluding tert-OH is 1. The van der Waals surface area contributed by atoms with E-state index in [0.29, 0.717) is 17.1 Å². The number of hydrogen-bond donors (Lipinski definition) is 1. The molecular weight excluding hydrogens is 378 g/mol. The van der Waals surface area contributed by atoms with Gasteiger partial charge in [-0.1, -0.05) is 48.0 Å². The van der Waals surface area contributed by atoms with E-state index < -0.39 is 17.7 Å². The lowest BCUT2D eigenvalue weighted by Crippen LogP contribution is -2.29. The second-order valence-corrected chi connectivity index (χ2v) is 7.68. The second-order valence-electron chi connectivity index (χ2n) is 7.68. The van der Waals surface area contributed by atoms with E-state index in [1.54, 1.807) is 19.1 Å². The Balaban J connectivity index is 1.89. The van der Waals surface area contributed by atoms with Gasteiger partial charge in [-0.05, 0) is 50.1 Å². The van der Waals surface area contributed by atoms with Crippen molar-refractivity contribution in [1.82, 2.24) is 4.90 Å². The summed E-state index contributed by atoms with van der Waals surface area (Å²) in [4.78, 5) is 27.5. The molecule has 1 saturated heterocycles. The smallest absolute Gasteiger partial charge is 0.296 e. The van der Waals surface area contributed by atoms with Crippen molar-refractivity contribution in [2.75, 3.05) is 0 Å². The van der Waals surface area contributed by atoms with Crippen LogP contribution in [0.25, 0.3) is 5.76 Å². The van der Waals surface area contributed by atoms with Crippen LogP contribution in [-0.4, -0.2) is 21.7 Å². The Bertz CT molecular complexity index is 1160. The minimum absolute atomic E-state index is 0.0546. The Morgan fingerprint density at radius 3 is 2.40 bits per heavy atom. The third-order valence-electron chi connectivity index (χ3n) is 5.41. The van der Waals surface area contributed by atoms with Gasteiger partial charge in [-0.3, -0.25) is 9.59 Å². The monoisotopic (exact) mass is 401 g/mol. The fourth-order valence-corrected chi connectivity index (χ4v) is 3.86. The molecule has 30 heavy (non-hydrogen) atoms. The third kappa shape index (κ3) is 3.43. The van der Waals surface area contributed by atoms with Crippen LogP contribution in [0.1, 0.15) is 39.8 Å². The van der Waals surface area contributed by atoms with E-state index in [9.17, 15) is 14.7 Å². The number of benzene rings is 2. The van der Waals surface area contributed by atoms with Crippen molar-refractivity contribution in [2.45, 2.75) is 33.4 Å². The Labute approximate surface area is 175 Å². The topological polar surface area (TPSA) is 70.8 Å². The molecule has 1 aliphatic heterocycles. The predicted octanol–water partition coefficient (Wildman–Crippen LogP) is 4.83. The van der Waals surface area contributed by atoms with Gasteiger partial charge in [0, 0.05) is 12.1 Å². The number of nitrogens with zero attached hydrogens (tertiary/aromatic N) is 1. The Morgan fingerprint density at radius 2 is 1.73 bits per heavy atom. The summed E-state index contributed by atoms with van der Waals surface area (Å²) in [5.41, 5.74) is 3.26. The van der Waals surface area contributed by atoms with Gasteiger partial charge in [0.05, 0.1) is 5.57 Å². The fraction of sp³-hybridized carbons (Fsp3) is 0.200. The summed E-state index contributed by atoms with van der Waals surface area (Å²) in [5.74, 6) is -0.408. The van der Waals surface area contributed by atoms with Crippen molar-refractivity contribution < 1.29 is 19.1 Å². The summed E-state index contributed by atoms with van der Waals surface area (Å²) in [7, 11) is 0. The van der Waals surface area contributed by atoms with Crippen molar-refractivity contribution in [3.8, 4) is 0 Å². The van der Waals surface area contributed by atoms with E-state index in [4.69, 9.17) is 4.42 Å². The summed E-state index contributed by atoms with van der Waals surface area (Å²) < 4.78 is 5.81. The van der Waals surface area contributed by atoms with E-state index in [0.717, 1.165) is 16.7 Å². The summed E-state index contributed by atoms with van der Waals surface area (Å²) >= 11 is 0. The number of rotatable bonds is 4. The Morgan fingerprint density at radius 1 is 1.00 bits per heavy atom. The Hall–Kier alpha value is -3.60. The van der Waals surface area contributed by atoms with Gasteiger partial charge in [0.2, 0.25) is 0 Å². The molecule has 1 atom stereocenters. The number of carbonyl (C=O) groups excluding carboxylic acids is 2. The molecular formula is C25H23NO4. The van der Waals surface area contributed by atoms with Crippen LogP contribution < -0.4 is 0 Å². The third-order valence-corrected chi connectivity index (χ3v) is 5.41. The molecule has 1 aliphatic rings. The first kappa shape index (κ1) is 19.7. The van der Waals surface area contributed by atoms with Crippen LogP contribution in [0.4, 0.5) is 0 Å². The zero-order valence-corrected chi connectivity index (χ0v) is 17.2. The molecule has 4 rings (SSSR count). The molecule has 0 bridgehead atoms. The van der Waals surface area contributed by atoms with Crippen LogP contribution in [0.3, 0.4) is 0 Å². The molecule has 2 aromatic carbocycles. The molecule has 1 aromatic heterocycles. The highest BCUT2D eigenvalue weighted by molar-refractivity contribution is 6.46. The number of aliphatic hydroxyl groups is 1. The molecule has 0 spiro atoms. The minimum Gasteiger partial charge on any atom is -0.507 e. The maximum atomic E-state index is 13.1. The van der Waals surface area contributed by atoms with Crippen molar-refractivity contribution in [1.29, 1.82) is 0 Å². The fourth-order valence-electron chi connectivity index (χ4n) is 3.86. The standard InChI is InChI=1S/C25H23NO4/c1-15-9-10-16(2)19(13-15)23(27)21-22(20-12-11-17(3)30-20)26(25(29)24(21)28)14-18-7-5-4-6-8-18/h4-13,22,27H,14H2,1-3H3/b23-21+. The molecule has 0 aliphatic carbocycles. The highest BCUT2D eigenvalue weighted by atomic mass is 16.3. The zero-order valence-electron chi connectivity index (χ0n) is 17.2. The lowest BCUT2D eigenvalue weighted by molar-refractivity contribution is -0.140. The van der Waals surface area contributed by atoms with Gasteiger partial charge in [0.25, 0.3) is 11.7 Å². The summed E-state index contributed by atoms with van der Waals surface area (Å²) in [6.45, 7) is 5.81. The quantitative estimate of drug-likeness (QED) is 0.386. The van der Waals surface area contributed by atoms with Crippen LogP contribution in [0.15, 0.2) is 70.7 Å². The first-order valence-corrected chi connectivity index (χ1v) is 9.83. The van der Waals surface area contributed by atoms with Crippen LogP contribution in [0.5, 0.6) is 0 Å². The highest BCUT2D eigenvalue weighted by Gasteiger charge is 2.47. The van der Waals surface area contributed by atoms with Gasteiger partial charge in [-0.2, -0.15) is 0 Å². The molecule has 1 amide bonds. The van der Waals surface area contributed by atoms with Crippen LogP contribution in [0.2, 0.25) is 0 Å². The highest BCUT2D eigenvalue weighted by Crippen LogP contribution is 2.41. The lowest BCUT2D eigenvalue weighted by atomic mass is 9.96. The molecule has 0 radical (unpaired) electrons. The van der Waals surface area contributed by atoms with Crippen molar-refractivity contribution in [2.24, 2.45) is 0 Å². The first-order valence-electron chi connectivity index (χ1n) is 9.83. The largest absolute Gasteiger partial charge is 0.507 e. The van der Waals surface area contributed by atoms with Crippen LogP contribution in [0, 0.1) is 20.8 Å². The van der Waals surface area contributed by atoms with E-state index in [1.807, 2.05) is 62.4 Å². The SMILES string of the molecule is Cc1ccc(C)c(/C(O)=C2\C(=O)C(=O)N(Cc3ccccc3)C2c2ccc(C)o2)c1. The summed E-state index contributed by atoms with van der Waals surface area (Å²) in [5, 5.41) is 11.2. The zero-order chi connectivity index (χ0) is 21.4. The number of likely N-dealkylation sites (tertiary alicyclic amines) is 1. The molecule has 1 N–H and O–H groups in total. The van der Waals surface area contributed by atoms with E-state index in [2.05, 4.69) is 0 Å². The average molecular weight is 401 g/mol. The van der Waals surface area contributed by atoms with Gasteiger partial charge < -0.3 is 14.4 Å². The van der Waals surface area contributed by atoms with E-state index >= 15 is 0 Å². The lowest BCUT2D eigenvalue weighted by Gasteiger charge is -2.23. The average Bonchev–Trinajstić information content (AvgIpc) is 3.26. The molecule has 2 heterocycles. The van der Waals surface area contributed by atoms with Crippen LogP contribution in [-0.2, 0) is 16.1 Å². The second kappa shape index (κ2) is 7.67. The predicted molar refractivity (Wildman–Crippen MR) is 114 cm³/mol. The maximum absolute atomic E-state index is 13.1. The molecule has 5 heteroatoms. The first-order chi connectivity index (χ1) is 14.4. The molecule has 0 saturated carbocycles. The van der Waals surface area contributed by atoms with Gasteiger partial charge in [0.1, 0.15) is 23.3 Å². The molecule has 152 valence electrons. The number of amides is 1. The van der Waals surface area contributed by atoms with E-state index in [-0.39, 0.29) is 17.9 Å². The molecule has 5 nitrogen and oxygen atoms in total. The number of Topliss-reactive ketones (excluding diaryl/α,β-unsaturated/α-hetero) is 1. The number of hydrogen-bond acceptors (Lipinski definition) is 4.